The number of nitrogens with two attached hydrogens (primary N) is 1. The lowest BCUT2D eigenvalue weighted by Crippen LogP contribution is -2.15. The number of hydrogen-bond acceptors (Lipinski definition) is 4. The zero-order valence-corrected chi connectivity index (χ0v) is 10.9. The maximum atomic E-state index is 5.99. The van der Waals surface area contributed by atoms with E-state index in [9.17, 15) is 0 Å². The molecular weight excluding hydrogens is 248 g/mol. The van der Waals surface area contributed by atoms with Crippen molar-refractivity contribution in [3.8, 4) is 11.3 Å². The third-order valence-electron chi connectivity index (χ3n) is 2.50. The topological polar surface area (TPSA) is 63.8 Å². The summed E-state index contributed by atoms with van der Waals surface area (Å²) in [5.74, 6) is 0.584. The molecule has 0 amide bonds. The Morgan fingerprint density at radius 1 is 1.39 bits per heavy atom. The second-order valence-electron chi connectivity index (χ2n) is 3.95. The lowest BCUT2D eigenvalue weighted by atomic mass is 10.1. The van der Waals surface area contributed by atoms with Crippen molar-refractivity contribution in [3.63, 3.8) is 0 Å². The van der Waals surface area contributed by atoms with Crippen LogP contribution in [0.5, 0.6) is 0 Å². The van der Waals surface area contributed by atoms with E-state index in [4.69, 9.17) is 17.3 Å². The first-order valence-electron chi connectivity index (χ1n) is 5.74. The average molecular weight is 263 g/mol. The molecule has 0 spiro atoms. The van der Waals surface area contributed by atoms with Crippen molar-refractivity contribution in [2.75, 3.05) is 18.4 Å². The monoisotopic (exact) mass is 262 g/mol. The highest BCUT2D eigenvalue weighted by atomic mass is 35.5. The van der Waals surface area contributed by atoms with E-state index in [0.29, 0.717) is 24.1 Å². The van der Waals surface area contributed by atoms with Crippen LogP contribution in [-0.4, -0.2) is 23.1 Å². The van der Waals surface area contributed by atoms with Crippen molar-refractivity contribution >= 4 is 17.5 Å². The molecule has 0 atom stereocenters. The van der Waals surface area contributed by atoms with Crippen molar-refractivity contribution < 1.29 is 0 Å². The molecule has 0 aliphatic rings. The normalized spacial score (nSPS) is 10.4. The number of aryl methyl sites for hydroxylation is 1. The van der Waals surface area contributed by atoms with E-state index in [2.05, 4.69) is 15.3 Å². The number of nitrogens with one attached hydrogen (secondary N) is 1. The second-order valence-corrected chi connectivity index (χ2v) is 4.39. The van der Waals surface area contributed by atoms with Gasteiger partial charge in [0.2, 0.25) is 5.95 Å². The summed E-state index contributed by atoms with van der Waals surface area (Å²) in [6.07, 6.45) is 1.79. The number of aromatic nitrogens is 2. The van der Waals surface area contributed by atoms with Crippen LogP contribution in [0.3, 0.4) is 0 Å². The van der Waals surface area contributed by atoms with E-state index in [0.717, 1.165) is 16.8 Å². The first-order valence-corrected chi connectivity index (χ1v) is 6.12. The van der Waals surface area contributed by atoms with Crippen LogP contribution in [0.1, 0.15) is 5.56 Å². The highest BCUT2D eigenvalue weighted by Gasteiger charge is 2.06. The smallest absolute Gasteiger partial charge is 0.223 e. The van der Waals surface area contributed by atoms with Crippen molar-refractivity contribution in [1.82, 2.24) is 9.97 Å². The van der Waals surface area contributed by atoms with Gasteiger partial charge in [-0.1, -0.05) is 23.7 Å². The van der Waals surface area contributed by atoms with Crippen molar-refractivity contribution in [2.24, 2.45) is 5.73 Å². The number of nitrogens with zero attached hydrogens (tertiary/aromatic N) is 2. The summed E-state index contributed by atoms with van der Waals surface area (Å²) in [6.45, 7) is 3.17. The van der Waals surface area contributed by atoms with Gasteiger partial charge < -0.3 is 11.1 Å². The highest BCUT2D eigenvalue weighted by Crippen LogP contribution is 2.24. The number of anilines is 1. The SMILES string of the molecule is Cc1cnc(NCCN)nc1-c1cccc(Cl)c1. The Labute approximate surface area is 111 Å². The molecule has 0 fully saturated rings. The molecule has 2 aromatic rings. The fraction of sp³-hybridized carbons (Fsp3) is 0.231. The molecule has 0 aliphatic heterocycles. The maximum Gasteiger partial charge on any atom is 0.223 e. The summed E-state index contributed by atoms with van der Waals surface area (Å²) < 4.78 is 0. The van der Waals surface area contributed by atoms with Crippen molar-refractivity contribution in [3.05, 3.63) is 41.0 Å². The molecule has 18 heavy (non-hydrogen) atoms. The van der Waals surface area contributed by atoms with E-state index in [1.54, 1.807) is 6.20 Å². The predicted octanol–water partition coefficient (Wildman–Crippen LogP) is 2.48. The summed E-state index contributed by atoms with van der Waals surface area (Å²) in [6, 6.07) is 7.62. The van der Waals surface area contributed by atoms with E-state index in [-0.39, 0.29) is 0 Å². The number of rotatable bonds is 4. The lowest BCUT2D eigenvalue weighted by molar-refractivity contribution is 0.986. The van der Waals surface area contributed by atoms with Crippen LogP contribution in [0.4, 0.5) is 5.95 Å². The molecule has 94 valence electrons. The van der Waals surface area contributed by atoms with Gasteiger partial charge in [-0.15, -0.1) is 0 Å². The zero-order valence-electron chi connectivity index (χ0n) is 10.2. The number of hydrogen-bond donors (Lipinski definition) is 2. The number of benzene rings is 1. The lowest BCUT2D eigenvalue weighted by Gasteiger charge is -2.08. The first kappa shape index (κ1) is 12.8. The molecule has 2 rings (SSSR count). The van der Waals surface area contributed by atoms with Crippen molar-refractivity contribution in [2.45, 2.75) is 6.92 Å². The summed E-state index contributed by atoms with van der Waals surface area (Å²) in [5, 5.41) is 3.76. The van der Waals surface area contributed by atoms with Gasteiger partial charge in [-0.3, -0.25) is 0 Å². The van der Waals surface area contributed by atoms with Gasteiger partial charge in [0, 0.05) is 29.9 Å². The van der Waals surface area contributed by atoms with Crippen LogP contribution >= 0.6 is 11.6 Å². The molecule has 0 unspecified atom stereocenters. The quantitative estimate of drug-likeness (QED) is 0.889. The minimum absolute atomic E-state index is 0.545. The third-order valence-corrected chi connectivity index (χ3v) is 2.73. The Morgan fingerprint density at radius 3 is 2.94 bits per heavy atom. The molecule has 1 aromatic carbocycles. The van der Waals surface area contributed by atoms with Crippen LogP contribution in [0.15, 0.2) is 30.5 Å². The highest BCUT2D eigenvalue weighted by molar-refractivity contribution is 6.30. The molecule has 0 aliphatic carbocycles. The van der Waals surface area contributed by atoms with E-state index < -0.39 is 0 Å². The van der Waals surface area contributed by atoms with E-state index in [1.807, 2.05) is 31.2 Å². The molecule has 0 radical (unpaired) electrons. The Kier molecular flexibility index (Phi) is 4.12. The first-order chi connectivity index (χ1) is 8.70. The molecule has 0 saturated carbocycles. The standard InChI is InChI=1S/C13H15ClN4/c1-9-8-17-13(16-6-5-15)18-12(9)10-3-2-4-11(14)7-10/h2-4,7-8H,5-6,15H2,1H3,(H,16,17,18). The predicted molar refractivity (Wildman–Crippen MR) is 74.8 cm³/mol. The summed E-state index contributed by atoms with van der Waals surface area (Å²) in [5.41, 5.74) is 8.32. The van der Waals surface area contributed by atoms with Gasteiger partial charge in [-0.2, -0.15) is 0 Å². The molecule has 1 heterocycles. The molecule has 0 bridgehead atoms. The minimum Gasteiger partial charge on any atom is -0.353 e. The molecular formula is C13H15ClN4. The molecule has 3 N–H and O–H groups in total. The van der Waals surface area contributed by atoms with Crippen LogP contribution in [-0.2, 0) is 0 Å². The second kappa shape index (κ2) is 5.80. The van der Waals surface area contributed by atoms with Crippen LogP contribution < -0.4 is 11.1 Å². The zero-order chi connectivity index (χ0) is 13.0. The fourth-order valence-corrected chi connectivity index (χ4v) is 1.83. The van der Waals surface area contributed by atoms with Crippen molar-refractivity contribution in [1.29, 1.82) is 0 Å². The summed E-state index contributed by atoms with van der Waals surface area (Å²) in [7, 11) is 0. The van der Waals surface area contributed by atoms with Crippen LogP contribution in [0.25, 0.3) is 11.3 Å². The summed E-state index contributed by atoms with van der Waals surface area (Å²) >= 11 is 5.99. The van der Waals surface area contributed by atoms with E-state index in [1.165, 1.54) is 0 Å². The van der Waals surface area contributed by atoms with Gasteiger partial charge >= 0.3 is 0 Å². The molecule has 5 heteroatoms. The Balaban J connectivity index is 2.37. The van der Waals surface area contributed by atoms with Gasteiger partial charge in [0.05, 0.1) is 5.69 Å². The Hall–Kier alpha value is -1.65. The van der Waals surface area contributed by atoms with Gasteiger partial charge in [-0.25, -0.2) is 9.97 Å². The molecule has 0 saturated heterocycles. The van der Waals surface area contributed by atoms with Gasteiger partial charge in [0.25, 0.3) is 0 Å². The molecule has 1 aromatic heterocycles. The third kappa shape index (κ3) is 2.97. The van der Waals surface area contributed by atoms with Gasteiger partial charge in [-0.05, 0) is 24.6 Å². The average Bonchev–Trinajstić information content (AvgIpc) is 2.38. The van der Waals surface area contributed by atoms with Crippen LogP contribution in [0, 0.1) is 6.92 Å². The number of halogens is 1. The van der Waals surface area contributed by atoms with Crippen LogP contribution in [0.2, 0.25) is 5.02 Å². The summed E-state index contributed by atoms with van der Waals surface area (Å²) in [4.78, 5) is 8.70. The largest absolute Gasteiger partial charge is 0.353 e. The fourth-order valence-electron chi connectivity index (χ4n) is 1.64. The Bertz CT molecular complexity index is 542. The van der Waals surface area contributed by atoms with E-state index >= 15 is 0 Å². The molecule has 4 nitrogen and oxygen atoms in total. The Morgan fingerprint density at radius 2 is 2.22 bits per heavy atom. The van der Waals surface area contributed by atoms with Gasteiger partial charge in [0.15, 0.2) is 0 Å². The van der Waals surface area contributed by atoms with Gasteiger partial charge in [0.1, 0.15) is 0 Å². The maximum absolute atomic E-state index is 5.99. The minimum atomic E-state index is 0.545.